The summed E-state index contributed by atoms with van der Waals surface area (Å²) in [6.07, 6.45) is -1.67. The van der Waals surface area contributed by atoms with Gasteiger partial charge in [0.1, 0.15) is 17.4 Å². The van der Waals surface area contributed by atoms with Gasteiger partial charge in [0.2, 0.25) is 5.95 Å². The fourth-order valence-electron chi connectivity index (χ4n) is 2.54. The number of benzene rings is 1. The highest BCUT2D eigenvalue weighted by atomic mass is 32.1. The highest BCUT2D eigenvalue weighted by molar-refractivity contribution is 7.21. The molecular weight excluding hydrogens is 411 g/mol. The SMILES string of the molecule is CCC(C)CC.CNc1nc(NCC(F)(F)F)nc(C)c1-c1nc2ccccc2s1. The van der Waals surface area contributed by atoms with Crippen LogP contribution in [0, 0.1) is 12.8 Å². The number of nitrogens with one attached hydrogen (secondary N) is 2. The van der Waals surface area contributed by atoms with E-state index >= 15 is 0 Å². The average Bonchev–Trinajstić information content (AvgIpc) is 3.14. The summed E-state index contributed by atoms with van der Waals surface area (Å²) in [5, 5.41) is 5.83. The summed E-state index contributed by atoms with van der Waals surface area (Å²) in [4.78, 5) is 12.8. The van der Waals surface area contributed by atoms with Gasteiger partial charge < -0.3 is 10.6 Å². The van der Waals surface area contributed by atoms with E-state index in [1.54, 1.807) is 14.0 Å². The van der Waals surface area contributed by atoms with Gasteiger partial charge in [0, 0.05) is 7.05 Å². The first kappa shape index (κ1) is 23.9. The fraction of sp³-hybridized carbons (Fsp3) is 0.476. The number of rotatable bonds is 6. The lowest BCUT2D eigenvalue weighted by Crippen LogP contribution is -2.22. The molecule has 0 saturated heterocycles. The number of alkyl halides is 3. The van der Waals surface area contributed by atoms with Gasteiger partial charge in [-0.15, -0.1) is 11.3 Å². The summed E-state index contributed by atoms with van der Waals surface area (Å²) in [5.74, 6) is 1.30. The van der Waals surface area contributed by atoms with Crippen LogP contribution in [-0.2, 0) is 0 Å². The van der Waals surface area contributed by atoms with Gasteiger partial charge in [-0.05, 0) is 25.0 Å². The van der Waals surface area contributed by atoms with Gasteiger partial charge in [0.05, 0.1) is 21.5 Å². The molecule has 0 atom stereocenters. The fourth-order valence-corrected chi connectivity index (χ4v) is 3.60. The van der Waals surface area contributed by atoms with Crippen LogP contribution in [-0.4, -0.2) is 34.7 Å². The zero-order valence-electron chi connectivity index (χ0n) is 17.9. The smallest absolute Gasteiger partial charge is 0.372 e. The van der Waals surface area contributed by atoms with Crippen LogP contribution in [0.5, 0.6) is 0 Å². The van der Waals surface area contributed by atoms with Crippen molar-refractivity contribution < 1.29 is 13.2 Å². The van der Waals surface area contributed by atoms with Crippen LogP contribution in [0.15, 0.2) is 24.3 Å². The van der Waals surface area contributed by atoms with Gasteiger partial charge in [0.25, 0.3) is 0 Å². The molecule has 164 valence electrons. The van der Waals surface area contributed by atoms with Crippen molar-refractivity contribution >= 4 is 33.3 Å². The Morgan fingerprint density at radius 1 is 1.07 bits per heavy atom. The van der Waals surface area contributed by atoms with Gasteiger partial charge in [-0.2, -0.15) is 18.2 Å². The molecule has 0 bridgehead atoms. The molecule has 1 aromatic carbocycles. The topological polar surface area (TPSA) is 62.7 Å². The minimum atomic E-state index is -4.33. The molecule has 0 fully saturated rings. The maximum absolute atomic E-state index is 12.3. The van der Waals surface area contributed by atoms with Crippen molar-refractivity contribution in [2.45, 2.75) is 46.7 Å². The Morgan fingerprint density at radius 2 is 1.73 bits per heavy atom. The number of nitrogens with zero attached hydrogens (tertiary/aromatic N) is 3. The Labute approximate surface area is 179 Å². The van der Waals surface area contributed by atoms with Crippen LogP contribution in [0.1, 0.15) is 39.3 Å². The number of halogens is 3. The van der Waals surface area contributed by atoms with Crippen molar-refractivity contribution in [3.63, 3.8) is 0 Å². The lowest BCUT2D eigenvalue weighted by molar-refractivity contribution is -0.115. The molecule has 30 heavy (non-hydrogen) atoms. The minimum absolute atomic E-state index is 0.0703. The first-order valence-electron chi connectivity index (χ1n) is 9.91. The molecule has 0 radical (unpaired) electrons. The van der Waals surface area contributed by atoms with Crippen LogP contribution in [0.25, 0.3) is 20.8 Å². The molecule has 3 rings (SSSR count). The van der Waals surface area contributed by atoms with Gasteiger partial charge >= 0.3 is 6.18 Å². The quantitative estimate of drug-likeness (QED) is 0.458. The molecule has 0 aliphatic heterocycles. The maximum Gasteiger partial charge on any atom is 0.405 e. The summed E-state index contributed by atoms with van der Waals surface area (Å²) in [7, 11) is 1.66. The summed E-state index contributed by atoms with van der Waals surface area (Å²) in [6.45, 7) is 7.28. The van der Waals surface area contributed by atoms with Crippen molar-refractivity contribution in [3.8, 4) is 10.6 Å². The Hall–Kier alpha value is -2.42. The largest absolute Gasteiger partial charge is 0.405 e. The molecular formula is C21H28F3N5S. The van der Waals surface area contributed by atoms with Crippen LogP contribution in [0.4, 0.5) is 24.9 Å². The lowest BCUT2D eigenvalue weighted by atomic mass is 10.1. The van der Waals surface area contributed by atoms with Crippen molar-refractivity contribution in [2.75, 3.05) is 24.2 Å². The first-order chi connectivity index (χ1) is 14.2. The number of anilines is 2. The van der Waals surface area contributed by atoms with E-state index in [0.717, 1.165) is 21.1 Å². The van der Waals surface area contributed by atoms with Crippen molar-refractivity contribution in [1.82, 2.24) is 15.0 Å². The third kappa shape index (κ3) is 6.55. The second-order valence-electron chi connectivity index (χ2n) is 6.98. The van der Waals surface area contributed by atoms with Crippen molar-refractivity contribution in [1.29, 1.82) is 0 Å². The Morgan fingerprint density at radius 3 is 2.27 bits per heavy atom. The van der Waals surface area contributed by atoms with E-state index < -0.39 is 12.7 Å². The second-order valence-corrected chi connectivity index (χ2v) is 8.01. The Kier molecular flexibility index (Phi) is 8.40. The van der Waals surface area contributed by atoms with Crippen molar-refractivity contribution in [3.05, 3.63) is 30.0 Å². The van der Waals surface area contributed by atoms with Crippen LogP contribution in [0.3, 0.4) is 0 Å². The van der Waals surface area contributed by atoms with E-state index in [9.17, 15) is 13.2 Å². The minimum Gasteiger partial charge on any atom is -0.372 e. The standard InChI is InChI=1S/C15H14F3N5S.C6H14/c1-8-11(13-22-9-5-3-4-6-10(9)24-13)12(19-2)23-14(21-8)20-7-15(16,17)18;1-4-6(3)5-2/h3-6H,7H2,1-2H3,(H2,19,20,21,23);6H,4-5H2,1-3H3. The molecule has 0 saturated carbocycles. The van der Waals surface area contributed by atoms with E-state index in [1.165, 1.54) is 24.2 Å². The number of para-hydroxylation sites is 1. The first-order valence-corrected chi connectivity index (χ1v) is 10.7. The Balaban J connectivity index is 0.000000469. The molecule has 3 aromatic rings. The zero-order valence-corrected chi connectivity index (χ0v) is 18.7. The van der Waals surface area contributed by atoms with E-state index in [-0.39, 0.29) is 5.95 Å². The molecule has 0 spiro atoms. The molecule has 2 heterocycles. The third-order valence-corrected chi connectivity index (χ3v) is 5.73. The third-order valence-electron chi connectivity index (χ3n) is 4.68. The average molecular weight is 440 g/mol. The predicted octanol–water partition coefficient (Wildman–Crippen LogP) is 6.52. The van der Waals surface area contributed by atoms with Gasteiger partial charge in [-0.1, -0.05) is 45.7 Å². The van der Waals surface area contributed by atoms with Gasteiger partial charge in [-0.3, -0.25) is 0 Å². The van der Waals surface area contributed by atoms with Crippen LogP contribution < -0.4 is 10.6 Å². The van der Waals surface area contributed by atoms with E-state index in [1.807, 2.05) is 24.3 Å². The van der Waals surface area contributed by atoms with Gasteiger partial charge in [0.15, 0.2) is 0 Å². The molecule has 0 aliphatic carbocycles. The highest BCUT2D eigenvalue weighted by Gasteiger charge is 2.27. The van der Waals surface area contributed by atoms with E-state index in [4.69, 9.17) is 0 Å². The molecule has 9 heteroatoms. The molecule has 2 aromatic heterocycles. The molecule has 0 aliphatic rings. The van der Waals surface area contributed by atoms with Crippen LogP contribution >= 0.6 is 11.3 Å². The monoisotopic (exact) mass is 439 g/mol. The Bertz CT molecular complexity index is 918. The summed E-state index contributed by atoms with van der Waals surface area (Å²) < 4.78 is 38.1. The van der Waals surface area contributed by atoms with Gasteiger partial charge in [-0.25, -0.2) is 9.97 Å². The normalized spacial score (nSPS) is 11.4. The maximum atomic E-state index is 12.3. The summed E-state index contributed by atoms with van der Waals surface area (Å²) in [6, 6.07) is 7.70. The predicted molar refractivity (Wildman–Crippen MR) is 119 cm³/mol. The molecule has 5 nitrogen and oxygen atoms in total. The lowest BCUT2D eigenvalue weighted by Gasteiger charge is -2.13. The van der Waals surface area contributed by atoms with E-state index in [2.05, 4.69) is 46.4 Å². The molecule has 0 amide bonds. The summed E-state index contributed by atoms with van der Waals surface area (Å²) >= 11 is 1.49. The number of hydrogen-bond donors (Lipinski definition) is 2. The van der Waals surface area contributed by atoms with Crippen LogP contribution in [0.2, 0.25) is 0 Å². The highest BCUT2D eigenvalue weighted by Crippen LogP contribution is 2.35. The molecule has 2 N–H and O–H groups in total. The zero-order chi connectivity index (χ0) is 22.3. The van der Waals surface area contributed by atoms with E-state index in [0.29, 0.717) is 17.1 Å². The number of thiazole rings is 1. The number of aromatic nitrogens is 3. The second kappa shape index (κ2) is 10.6. The number of fused-ring (bicyclic) bond motifs is 1. The van der Waals surface area contributed by atoms with Crippen molar-refractivity contribution in [2.24, 2.45) is 5.92 Å². The summed E-state index contributed by atoms with van der Waals surface area (Å²) in [5.41, 5.74) is 2.10. The molecule has 0 unspecified atom stereocenters. The number of hydrogen-bond acceptors (Lipinski definition) is 6. The number of aryl methyl sites for hydroxylation is 1.